The van der Waals surface area contributed by atoms with E-state index in [1.54, 1.807) is 42.1 Å². The van der Waals surface area contributed by atoms with Gasteiger partial charge in [0.05, 0.1) is 13.7 Å². The molecule has 0 unspecified atom stereocenters. The maximum atomic E-state index is 14.0. The summed E-state index contributed by atoms with van der Waals surface area (Å²) in [6.45, 7) is 2.47. The van der Waals surface area contributed by atoms with Crippen molar-refractivity contribution in [3.63, 3.8) is 0 Å². The fraction of sp³-hybridized carbons (Fsp3) is 0.143. The molecule has 0 saturated heterocycles. The van der Waals surface area contributed by atoms with E-state index in [1.807, 2.05) is 55.5 Å². The predicted molar refractivity (Wildman–Crippen MR) is 134 cm³/mol. The quantitative estimate of drug-likeness (QED) is 0.322. The number of nitrogens with zero attached hydrogens (tertiary/aromatic N) is 2. The molecule has 4 aromatic rings. The largest absolute Gasteiger partial charge is 0.496 e. The van der Waals surface area contributed by atoms with E-state index < -0.39 is 0 Å². The summed E-state index contributed by atoms with van der Waals surface area (Å²) in [5, 5.41) is 7.14. The fourth-order valence-corrected chi connectivity index (χ4v) is 3.55. The first-order valence-electron chi connectivity index (χ1n) is 11.1. The third kappa shape index (κ3) is 6.35. The molecule has 1 aromatic heterocycles. The van der Waals surface area contributed by atoms with Crippen LogP contribution in [0.2, 0.25) is 0 Å². The highest BCUT2D eigenvalue weighted by molar-refractivity contribution is 6.01. The highest BCUT2D eigenvalue weighted by Gasteiger charge is 2.10. The highest BCUT2D eigenvalue weighted by Crippen LogP contribution is 2.23. The van der Waals surface area contributed by atoms with Gasteiger partial charge in [0.25, 0.3) is 0 Å². The molecule has 1 heterocycles. The normalized spacial score (nSPS) is 10.9. The summed E-state index contributed by atoms with van der Waals surface area (Å²) < 4.78 is 26.9. The van der Waals surface area contributed by atoms with E-state index in [2.05, 4.69) is 10.4 Å². The summed E-state index contributed by atoms with van der Waals surface area (Å²) in [6, 6.07) is 23.5. The van der Waals surface area contributed by atoms with Gasteiger partial charge in [-0.05, 0) is 48.9 Å². The average Bonchev–Trinajstić information content (AvgIpc) is 3.21. The van der Waals surface area contributed by atoms with Gasteiger partial charge in [0.1, 0.15) is 23.9 Å². The van der Waals surface area contributed by atoms with E-state index in [1.165, 1.54) is 12.1 Å². The number of rotatable bonds is 9. The molecule has 0 spiro atoms. The van der Waals surface area contributed by atoms with Crippen LogP contribution in [-0.2, 0) is 17.9 Å². The van der Waals surface area contributed by atoms with Gasteiger partial charge in [-0.2, -0.15) is 5.10 Å². The molecule has 4 rings (SSSR count). The molecule has 178 valence electrons. The Bertz CT molecular complexity index is 1330. The summed E-state index contributed by atoms with van der Waals surface area (Å²) in [7, 11) is 1.61. The second-order valence-corrected chi connectivity index (χ2v) is 7.92. The van der Waals surface area contributed by atoms with Gasteiger partial charge in [-0.1, -0.05) is 42.5 Å². The van der Waals surface area contributed by atoms with Crippen molar-refractivity contribution in [1.29, 1.82) is 0 Å². The summed E-state index contributed by atoms with van der Waals surface area (Å²) >= 11 is 0. The van der Waals surface area contributed by atoms with Crippen molar-refractivity contribution in [2.45, 2.75) is 20.1 Å². The predicted octanol–water partition coefficient (Wildman–Crippen LogP) is 5.62. The van der Waals surface area contributed by atoms with Crippen LogP contribution in [0.4, 0.5) is 10.2 Å². The zero-order chi connectivity index (χ0) is 24.6. The van der Waals surface area contributed by atoms with Crippen LogP contribution < -0.4 is 14.8 Å². The molecular formula is C28H26FN3O3. The Morgan fingerprint density at radius 1 is 1.03 bits per heavy atom. The Kier molecular flexibility index (Phi) is 7.57. The number of carbonyl (C=O) groups excluding carboxylic acids is 1. The smallest absolute Gasteiger partial charge is 0.249 e. The number of aromatic nitrogens is 2. The molecule has 1 N–H and O–H groups in total. The fourth-order valence-electron chi connectivity index (χ4n) is 3.55. The third-order valence-electron chi connectivity index (χ3n) is 5.38. The van der Waals surface area contributed by atoms with Gasteiger partial charge in [-0.15, -0.1) is 0 Å². The number of halogens is 1. The number of aryl methyl sites for hydroxylation is 1. The Hall–Kier alpha value is -4.39. The first kappa shape index (κ1) is 23.8. The van der Waals surface area contributed by atoms with Gasteiger partial charge in [0.2, 0.25) is 5.91 Å². The molecule has 0 radical (unpaired) electrons. The Labute approximate surface area is 203 Å². The number of hydrogen-bond acceptors (Lipinski definition) is 4. The monoisotopic (exact) mass is 471 g/mol. The van der Waals surface area contributed by atoms with Gasteiger partial charge in [-0.3, -0.25) is 9.48 Å². The van der Waals surface area contributed by atoms with Crippen LogP contribution in [0, 0.1) is 12.7 Å². The number of anilines is 1. The lowest BCUT2D eigenvalue weighted by Crippen LogP contribution is -2.10. The third-order valence-corrected chi connectivity index (χ3v) is 5.38. The number of carbonyl (C=O) groups is 1. The van der Waals surface area contributed by atoms with Crippen LogP contribution in [0.1, 0.15) is 22.4 Å². The molecule has 0 atom stereocenters. The Morgan fingerprint density at radius 2 is 1.80 bits per heavy atom. The molecule has 0 aliphatic carbocycles. The van der Waals surface area contributed by atoms with E-state index in [4.69, 9.17) is 9.47 Å². The summed E-state index contributed by atoms with van der Waals surface area (Å²) in [5.74, 6) is 1.26. The minimum Gasteiger partial charge on any atom is -0.496 e. The molecule has 0 saturated carbocycles. The molecule has 0 aliphatic rings. The number of para-hydroxylation sites is 1. The standard InChI is InChI=1S/C28H26FN3O3/c1-20-16-27(31-32(20)18-22-8-6-7-11-25(22)29)30-28(33)15-13-21-12-14-26(34-2)23(17-21)19-35-24-9-4-3-5-10-24/h3-17H,18-19H2,1-2H3,(H,30,31,33)/b15-13+. The SMILES string of the molecule is COc1ccc(/C=C/C(=O)Nc2cc(C)n(Cc3ccccc3F)n2)cc1COc1ccccc1. The van der Waals surface area contributed by atoms with Crippen molar-refractivity contribution < 1.29 is 18.7 Å². The zero-order valence-electron chi connectivity index (χ0n) is 19.6. The van der Waals surface area contributed by atoms with Crippen molar-refractivity contribution in [1.82, 2.24) is 9.78 Å². The number of benzene rings is 3. The van der Waals surface area contributed by atoms with E-state index in [-0.39, 0.29) is 18.3 Å². The first-order valence-corrected chi connectivity index (χ1v) is 11.1. The lowest BCUT2D eigenvalue weighted by atomic mass is 10.1. The number of ether oxygens (including phenoxy) is 2. The number of nitrogens with one attached hydrogen (secondary N) is 1. The van der Waals surface area contributed by atoms with Crippen molar-refractivity contribution in [3.8, 4) is 11.5 Å². The summed E-state index contributed by atoms with van der Waals surface area (Å²) in [5.41, 5.74) is 3.03. The number of hydrogen-bond donors (Lipinski definition) is 1. The second kappa shape index (κ2) is 11.2. The molecule has 3 aromatic carbocycles. The van der Waals surface area contributed by atoms with E-state index in [0.29, 0.717) is 23.7 Å². The van der Waals surface area contributed by atoms with Crippen LogP contribution in [-0.4, -0.2) is 22.8 Å². The molecule has 0 fully saturated rings. The van der Waals surface area contributed by atoms with Crippen LogP contribution in [0.15, 0.2) is 84.9 Å². The van der Waals surface area contributed by atoms with Gasteiger partial charge in [0.15, 0.2) is 5.82 Å². The lowest BCUT2D eigenvalue weighted by molar-refractivity contribution is -0.111. The van der Waals surface area contributed by atoms with E-state index in [0.717, 1.165) is 22.6 Å². The lowest BCUT2D eigenvalue weighted by Gasteiger charge is -2.11. The number of amides is 1. The molecule has 0 aliphatic heterocycles. The van der Waals surface area contributed by atoms with Gasteiger partial charge >= 0.3 is 0 Å². The molecule has 7 heteroatoms. The van der Waals surface area contributed by atoms with E-state index >= 15 is 0 Å². The first-order chi connectivity index (χ1) is 17.0. The van der Waals surface area contributed by atoms with Gasteiger partial charge in [0, 0.05) is 29.0 Å². The minimum atomic E-state index is -0.321. The molecule has 35 heavy (non-hydrogen) atoms. The van der Waals surface area contributed by atoms with Crippen LogP contribution in [0.3, 0.4) is 0 Å². The number of methoxy groups -OCH3 is 1. The second-order valence-electron chi connectivity index (χ2n) is 7.92. The van der Waals surface area contributed by atoms with Crippen LogP contribution in [0.5, 0.6) is 11.5 Å². The van der Waals surface area contributed by atoms with Crippen molar-refractivity contribution in [3.05, 3.63) is 113 Å². The van der Waals surface area contributed by atoms with Crippen LogP contribution in [0.25, 0.3) is 6.08 Å². The van der Waals surface area contributed by atoms with Crippen LogP contribution >= 0.6 is 0 Å². The maximum Gasteiger partial charge on any atom is 0.249 e. The average molecular weight is 472 g/mol. The molecule has 6 nitrogen and oxygen atoms in total. The van der Waals surface area contributed by atoms with Crippen molar-refractivity contribution in [2.24, 2.45) is 0 Å². The zero-order valence-corrected chi connectivity index (χ0v) is 19.6. The van der Waals surface area contributed by atoms with Gasteiger partial charge in [-0.25, -0.2) is 4.39 Å². The molecular weight excluding hydrogens is 445 g/mol. The highest BCUT2D eigenvalue weighted by atomic mass is 19.1. The minimum absolute atomic E-state index is 0.282. The summed E-state index contributed by atoms with van der Waals surface area (Å²) in [6.07, 6.45) is 3.15. The van der Waals surface area contributed by atoms with Gasteiger partial charge < -0.3 is 14.8 Å². The van der Waals surface area contributed by atoms with E-state index in [9.17, 15) is 9.18 Å². The molecule has 0 bridgehead atoms. The Morgan fingerprint density at radius 3 is 2.57 bits per heavy atom. The Balaban J connectivity index is 1.40. The van der Waals surface area contributed by atoms with Crippen molar-refractivity contribution in [2.75, 3.05) is 12.4 Å². The maximum absolute atomic E-state index is 14.0. The summed E-state index contributed by atoms with van der Waals surface area (Å²) in [4.78, 5) is 12.5. The molecule has 1 amide bonds. The topological polar surface area (TPSA) is 65.4 Å². The van der Waals surface area contributed by atoms with Crippen molar-refractivity contribution >= 4 is 17.8 Å².